The first-order valence-corrected chi connectivity index (χ1v) is 8.98. The van der Waals surface area contributed by atoms with Crippen molar-refractivity contribution < 1.29 is 4.79 Å². The molecule has 0 spiro atoms. The molecule has 0 aromatic carbocycles. The molecular formula is C15H26Cl2N4OS. The van der Waals surface area contributed by atoms with Crippen LogP contribution >= 0.6 is 36.6 Å². The molecule has 2 fully saturated rings. The number of aromatic nitrogens is 2. The highest BCUT2D eigenvalue weighted by molar-refractivity contribution is 7.99. The predicted molar refractivity (Wildman–Crippen MR) is 99.9 cm³/mol. The van der Waals surface area contributed by atoms with Gasteiger partial charge in [0.05, 0.1) is 0 Å². The van der Waals surface area contributed by atoms with Crippen molar-refractivity contribution in [2.24, 2.45) is 0 Å². The highest BCUT2D eigenvalue weighted by atomic mass is 35.5. The number of hydrogen-bond acceptors (Lipinski definition) is 4. The molecule has 8 heteroatoms. The van der Waals surface area contributed by atoms with E-state index < -0.39 is 0 Å². The molecule has 5 nitrogen and oxygen atoms in total. The quantitative estimate of drug-likeness (QED) is 0.868. The summed E-state index contributed by atoms with van der Waals surface area (Å²) in [5.74, 6) is 3.57. The zero-order valence-electron chi connectivity index (χ0n) is 13.4. The number of imidazole rings is 1. The van der Waals surface area contributed by atoms with E-state index in [0.29, 0.717) is 24.4 Å². The van der Waals surface area contributed by atoms with Crippen molar-refractivity contribution in [2.75, 3.05) is 24.6 Å². The van der Waals surface area contributed by atoms with Crippen LogP contribution in [0.5, 0.6) is 0 Å². The van der Waals surface area contributed by atoms with Crippen LogP contribution in [0.25, 0.3) is 0 Å². The molecular weight excluding hydrogens is 355 g/mol. The van der Waals surface area contributed by atoms with Gasteiger partial charge in [0.15, 0.2) is 0 Å². The summed E-state index contributed by atoms with van der Waals surface area (Å²) in [5.41, 5.74) is 0. The smallest absolute Gasteiger partial charge is 0.224 e. The van der Waals surface area contributed by atoms with E-state index in [0.717, 1.165) is 49.8 Å². The lowest BCUT2D eigenvalue weighted by atomic mass is 10.1. The third-order valence-electron chi connectivity index (χ3n) is 4.45. The fraction of sp³-hybridized carbons (Fsp3) is 0.733. The van der Waals surface area contributed by atoms with Crippen molar-refractivity contribution in [3.05, 3.63) is 18.2 Å². The number of rotatable bonds is 4. The molecule has 2 aliphatic heterocycles. The van der Waals surface area contributed by atoms with Crippen LogP contribution < -0.4 is 5.32 Å². The Hall–Kier alpha value is -0.430. The average Bonchev–Trinajstić information content (AvgIpc) is 3.10. The Kier molecular flexibility index (Phi) is 8.75. The van der Waals surface area contributed by atoms with E-state index in [4.69, 9.17) is 0 Å². The van der Waals surface area contributed by atoms with Crippen LogP contribution in [-0.2, 0) is 11.3 Å². The van der Waals surface area contributed by atoms with Crippen molar-refractivity contribution in [1.29, 1.82) is 0 Å². The van der Waals surface area contributed by atoms with Gasteiger partial charge in [0.2, 0.25) is 5.91 Å². The van der Waals surface area contributed by atoms with Gasteiger partial charge in [-0.05, 0) is 19.8 Å². The van der Waals surface area contributed by atoms with Crippen molar-refractivity contribution in [2.45, 2.75) is 44.8 Å². The maximum absolute atomic E-state index is 12.6. The summed E-state index contributed by atoms with van der Waals surface area (Å²) in [5, 5.41) is 3.46. The fourth-order valence-electron chi connectivity index (χ4n) is 3.26. The molecule has 2 aliphatic rings. The molecule has 23 heavy (non-hydrogen) atoms. The van der Waals surface area contributed by atoms with Crippen LogP contribution in [0.2, 0.25) is 0 Å². The molecule has 3 heterocycles. The molecule has 1 N–H and O–H groups in total. The van der Waals surface area contributed by atoms with Gasteiger partial charge in [-0.3, -0.25) is 4.79 Å². The Morgan fingerprint density at radius 3 is 2.96 bits per heavy atom. The second-order valence-corrected chi connectivity index (χ2v) is 7.09. The first kappa shape index (κ1) is 20.6. The van der Waals surface area contributed by atoms with Gasteiger partial charge in [-0.15, -0.1) is 24.8 Å². The number of carbonyl (C=O) groups excluding carboxylic acids is 1. The second-order valence-electron chi connectivity index (χ2n) is 5.94. The Morgan fingerprint density at radius 2 is 2.30 bits per heavy atom. The highest BCUT2D eigenvalue weighted by Crippen LogP contribution is 2.22. The lowest BCUT2D eigenvalue weighted by Gasteiger charge is -2.29. The zero-order chi connectivity index (χ0) is 14.7. The van der Waals surface area contributed by atoms with Gasteiger partial charge >= 0.3 is 0 Å². The Balaban J connectivity index is 0.00000132. The molecule has 2 atom stereocenters. The van der Waals surface area contributed by atoms with E-state index in [-0.39, 0.29) is 24.8 Å². The molecule has 0 aliphatic carbocycles. The molecule has 0 radical (unpaired) electrons. The minimum atomic E-state index is 0. The standard InChI is InChI=1S/C15H24N4OS.2ClH/c1-12-16-4-7-18(12)10-14-3-2-6-19(14)15(20)9-13-11-21-8-5-17-13;;/h4,7,13-14,17H,2-3,5-6,8-11H2,1H3;2*1H. The molecule has 1 aromatic heterocycles. The van der Waals surface area contributed by atoms with Crippen molar-refractivity contribution >= 4 is 42.5 Å². The summed E-state index contributed by atoms with van der Waals surface area (Å²) in [7, 11) is 0. The molecule has 2 saturated heterocycles. The van der Waals surface area contributed by atoms with Crippen LogP contribution in [0.3, 0.4) is 0 Å². The summed E-state index contributed by atoms with van der Waals surface area (Å²) in [4.78, 5) is 19.0. The van der Waals surface area contributed by atoms with Crippen LogP contribution in [0, 0.1) is 6.92 Å². The van der Waals surface area contributed by atoms with Crippen LogP contribution in [0.15, 0.2) is 12.4 Å². The Morgan fingerprint density at radius 1 is 1.48 bits per heavy atom. The number of amides is 1. The minimum absolute atomic E-state index is 0. The number of halogens is 2. The van der Waals surface area contributed by atoms with Gasteiger partial charge in [0, 0.05) is 62.0 Å². The number of thioether (sulfide) groups is 1. The van der Waals surface area contributed by atoms with Crippen LogP contribution in [0.4, 0.5) is 0 Å². The van der Waals surface area contributed by atoms with Gasteiger partial charge in [-0.1, -0.05) is 0 Å². The van der Waals surface area contributed by atoms with Crippen LogP contribution in [-0.4, -0.2) is 57.0 Å². The first-order chi connectivity index (χ1) is 10.2. The number of aryl methyl sites for hydroxylation is 1. The van der Waals surface area contributed by atoms with E-state index >= 15 is 0 Å². The van der Waals surface area contributed by atoms with Crippen molar-refractivity contribution in [1.82, 2.24) is 19.8 Å². The SMILES string of the molecule is Cc1nccn1CC1CCCN1C(=O)CC1CSCCN1.Cl.Cl. The number of nitrogens with one attached hydrogen (secondary N) is 1. The maximum atomic E-state index is 12.6. The number of likely N-dealkylation sites (tertiary alicyclic amines) is 1. The third-order valence-corrected chi connectivity index (χ3v) is 5.58. The summed E-state index contributed by atoms with van der Waals surface area (Å²) >= 11 is 1.95. The van der Waals surface area contributed by atoms with Crippen molar-refractivity contribution in [3.8, 4) is 0 Å². The molecule has 1 aromatic rings. The van der Waals surface area contributed by atoms with E-state index in [1.165, 1.54) is 0 Å². The van der Waals surface area contributed by atoms with E-state index in [9.17, 15) is 4.79 Å². The summed E-state index contributed by atoms with van der Waals surface area (Å²) in [6.07, 6.45) is 6.72. The normalized spacial score (nSPS) is 24.0. The summed E-state index contributed by atoms with van der Waals surface area (Å²) in [6, 6.07) is 0.689. The van der Waals surface area contributed by atoms with Gasteiger partial charge in [-0.2, -0.15) is 11.8 Å². The topological polar surface area (TPSA) is 50.2 Å². The molecule has 0 saturated carbocycles. The zero-order valence-corrected chi connectivity index (χ0v) is 15.9. The first-order valence-electron chi connectivity index (χ1n) is 7.82. The van der Waals surface area contributed by atoms with Gasteiger partial charge in [0.1, 0.15) is 5.82 Å². The number of nitrogens with zero attached hydrogens (tertiary/aromatic N) is 3. The number of carbonyl (C=O) groups is 1. The predicted octanol–water partition coefficient (Wildman–Crippen LogP) is 2.12. The molecule has 1 amide bonds. The van der Waals surface area contributed by atoms with Crippen molar-refractivity contribution in [3.63, 3.8) is 0 Å². The Labute approximate surface area is 154 Å². The Bertz CT molecular complexity index is 494. The van der Waals surface area contributed by atoms with E-state index in [1.54, 1.807) is 0 Å². The van der Waals surface area contributed by atoms with E-state index in [2.05, 4.69) is 19.8 Å². The number of hydrogen-bond donors (Lipinski definition) is 1. The summed E-state index contributed by atoms with van der Waals surface area (Å²) in [6.45, 7) is 4.84. The third kappa shape index (κ3) is 5.28. The van der Waals surface area contributed by atoms with Gasteiger partial charge in [0.25, 0.3) is 0 Å². The average molecular weight is 381 g/mol. The minimum Gasteiger partial charge on any atom is -0.338 e. The highest BCUT2D eigenvalue weighted by Gasteiger charge is 2.30. The second kappa shape index (κ2) is 9.77. The van der Waals surface area contributed by atoms with Crippen LogP contribution in [0.1, 0.15) is 25.1 Å². The largest absolute Gasteiger partial charge is 0.338 e. The van der Waals surface area contributed by atoms with Gasteiger partial charge < -0.3 is 14.8 Å². The lowest BCUT2D eigenvalue weighted by Crippen LogP contribution is -2.44. The monoisotopic (exact) mass is 380 g/mol. The van der Waals surface area contributed by atoms with Gasteiger partial charge in [-0.25, -0.2) is 4.98 Å². The maximum Gasteiger partial charge on any atom is 0.224 e. The molecule has 132 valence electrons. The summed E-state index contributed by atoms with van der Waals surface area (Å²) < 4.78 is 2.16. The van der Waals surface area contributed by atoms with E-state index in [1.807, 2.05) is 31.1 Å². The molecule has 2 unspecified atom stereocenters. The molecule has 0 bridgehead atoms. The fourth-order valence-corrected chi connectivity index (χ4v) is 4.21. The molecule has 3 rings (SSSR count). The lowest BCUT2D eigenvalue weighted by molar-refractivity contribution is -0.132.